The van der Waals surface area contributed by atoms with Crippen LogP contribution < -0.4 is 0 Å². The maximum Gasteiger partial charge on any atom is 0.355 e. The summed E-state index contributed by atoms with van der Waals surface area (Å²) >= 11 is 5.76. The van der Waals surface area contributed by atoms with Gasteiger partial charge in [0.15, 0.2) is 0 Å². The highest BCUT2D eigenvalue weighted by molar-refractivity contribution is 6.30. The predicted octanol–water partition coefficient (Wildman–Crippen LogP) is 3.81. The van der Waals surface area contributed by atoms with Crippen LogP contribution in [0.25, 0.3) is 0 Å². The van der Waals surface area contributed by atoms with Crippen LogP contribution >= 0.6 is 11.6 Å². The molecule has 0 atom stereocenters. The van der Waals surface area contributed by atoms with Gasteiger partial charge in [0.05, 0.1) is 11.6 Å². The third-order valence-electron chi connectivity index (χ3n) is 2.97. The first kappa shape index (κ1) is 14.6. The largest absolute Gasteiger partial charge is 0.461 e. The number of hydrogen-bond donors (Lipinski definition) is 0. The molecule has 2 rings (SSSR count). The first-order valence-corrected chi connectivity index (χ1v) is 6.67. The molecule has 0 N–H and O–H groups in total. The molecule has 0 spiro atoms. The van der Waals surface area contributed by atoms with Crippen molar-refractivity contribution in [3.63, 3.8) is 0 Å². The van der Waals surface area contributed by atoms with Gasteiger partial charge in [0.2, 0.25) is 0 Å². The number of carbonyl (C=O) groups excluding carboxylic acids is 1. The molecule has 1 aromatic heterocycles. The zero-order chi connectivity index (χ0) is 14.7. The number of nitrogens with zero attached hydrogens (tertiary/aromatic N) is 1. The van der Waals surface area contributed by atoms with Crippen LogP contribution in [0.1, 0.15) is 28.5 Å². The van der Waals surface area contributed by atoms with E-state index < -0.39 is 5.82 Å². The highest BCUT2D eigenvalue weighted by Gasteiger charge is 2.16. The van der Waals surface area contributed by atoms with Gasteiger partial charge in [-0.2, -0.15) is 0 Å². The molecule has 0 aliphatic carbocycles. The van der Waals surface area contributed by atoms with Crippen LogP contribution in [0, 0.1) is 12.7 Å². The van der Waals surface area contributed by atoms with Crippen LogP contribution in [-0.4, -0.2) is 17.1 Å². The molecule has 0 unspecified atom stereocenters. The van der Waals surface area contributed by atoms with Crippen LogP contribution in [0.5, 0.6) is 0 Å². The Kier molecular flexibility index (Phi) is 4.45. The van der Waals surface area contributed by atoms with Crippen LogP contribution in [0.15, 0.2) is 30.5 Å². The first-order valence-electron chi connectivity index (χ1n) is 6.29. The van der Waals surface area contributed by atoms with Crippen molar-refractivity contribution in [3.8, 4) is 0 Å². The van der Waals surface area contributed by atoms with E-state index in [4.69, 9.17) is 16.3 Å². The predicted molar refractivity (Wildman–Crippen MR) is 75.6 cm³/mol. The molecule has 0 amide bonds. The zero-order valence-corrected chi connectivity index (χ0v) is 12.1. The Bertz CT molecular complexity index is 637. The Morgan fingerprint density at radius 1 is 1.40 bits per heavy atom. The molecule has 0 radical (unpaired) electrons. The molecular weight excluding hydrogens is 281 g/mol. The number of carbonyl (C=O) groups is 1. The van der Waals surface area contributed by atoms with Gasteiger partial charge in [0.25, 0.3) is 0 Å². The molecule has 0 saturated heterocycles. The molecule has 0 fully saturated rings. The molecule has 0 saturated carbocycles. The van der Waals surface area contributed by atoms with E-state index in [0.717, 1.165) is 11.1 Å². The second-order valence-corrected chi connectivity index (χ2v) is 4.85. The maximum absolute atomic E-state index is 13.1. The highest BCUT2D eigenvalue weighted by atomic mass is 35.5. The molecule has 0 aliphatic rings. The Hall–Kier alpha value is -1.81. The minimum absolute atomic E-state index is 0.0732. The number of rotatable bonds is 4. The van der Waals surface area contributed by atoms with Crippen molar-refractivity contribution >= 4 is 17.6 Å². The van der Waals surface area contributed by atoms with Crippen LogP contribution in [0.2, 0.25) is 5.02 Å². The summed E-state index contributed by atoms with van der Waals surface area (Å²) < 4.78 is 20.0. The van der Waals surface area contributed by atoms with Gasteiger partial charge >= 0.3 is 5.97 Å². The average Bonchev–Trinajstić information content (AvgIpc) is 2.75. The van der Waals surface area contributed by atoms with Gasteiger partial charge in [-0.25, -0.2) is 9.18 Å². The standard InChI is InChI=1S/C15H15ClFNO2/c1-3-20-15(19)14-10(2)6-7-18(14)9-11-4-5-13(17)12(16)8-11/h4-8H,3,9H2,1-2H3. The lowest BCUT2D eigenvalue weighted by Gasteiger charge is -2.10. The molecule has 1 heterocycles. The van der Waals surface area contributed by atoms with Crippen LogP contribution in [0.4, 0.5) is 4.39 Å². The van der Waals surface area contributed by atoms with Crippen molar-refractivity contribution in [1.29, 1.82) is 0 Å². The summed E-state index contributed by atoms with van der Waals surface area (Å²) in [5, 5.41) is 0.0732. The third-order valence-corrected chi connectivity index (χ3v) is 3.26. The lowest BCUT2D eigenvalue weighted by molar-refractivity contribution is 0.0513. The summed E-state index contributed by atoms with van der Waals surface area (Å²) in [4.78, 5) is 11.9. The lowest BCUT2D eigenvalue weighted by atomic mass is 10.2. The SMILES string of the molecule is CCOC(=O)c1c(C)ccn1Cc1ccc(F)c(Cl)c1. The minimum Gasteiger partial charge on any atom is -0.461 e. The fraction of sp³-hybridized carbons (Fsp3) is 0.267. The summed E-state index contributed by atoms with van der Waals surface area (Å²) in [7, 11) is 0. The second kappa shape index (κ2) is 6.09. The Morgan fingerprint density at radius 2 is 2.15 bits per heavy atom. The average molecular weight is 296 g/mol. The van der Waals surface area contributed by atoms with Crippen molar-refractivity contribution < 1.29 is 13.9 Å². The number of hydrogen-bond acceptors (Lipinski definition) is 2. The fourth-order valence-corrected chi connectivity index (χ4v) is 2.23. The summed E-state index contributed by atoms with van der Waals surface area (Å²) in [6.45, 7) is 4.37. The quantitative estimate of drug-likeness (QED) is 0.803. The van der Waals surface area contributed by atoms with E-state index in [0.29, 0.717) is 18.8 Å². The van der Waals surface area contributed by atoms with Gasteiger partial charge in [-0.3, -0.25) is 0 Å². The molecule has 20 heavy (non-hydrogen) atoms. The van der Waals surface area contributed by atoms with Gasteiger partial charge in [-0.05, 0) is 43.2 Å². The number of aryl methyl sites for hydroxylation is 1. The van der Waals surface area contributed by atoms with Gasteiger partial charge in [-0.1, -0.05) is 17.7 Å². The molecule has 2 aromatic rings. The molecule has 106 valence electrons. The Morgan fingerprint density at radius 3 is 2.80 bits per heavy atom. The summed E-state index contributed by atoms with van der Waals surface area (Å²) in [6, 6.07) is 6.36. The Balaban J connectivity index is 2.29. The number of halogens is 2. The minimum atomic E-state index is -0.454. The zero-order valence-electron chi connectivity index (χ0n) is 11.3. The maximum atomic E-state index is 13.1. The summed E-state index contributed by atoms with van der Waals surface area (Å²) in [5.41, 5.74) is 2.17. The highest BCUT2D eigenvalue weighted by Crippen LogP contribution is 2.19. The summed E-state index contributed by atoms with van der Waals surface area (Å²) in [5.74, 6) is -0.812. The number of esters is 1. The van der Waals surface area contributed by atoms with E-state index in [-0.39, 0.29) is 11.0 Å². The lowest BCUT2D eigenvalue weighted by Crippen LogP contribution is -2.13. The normalized spacial score (nSPS) is 10.6. The van der Waals surface area contributed by atoms with Gasteiger partial charge < -0.3 is 9.30 Å². The van der Waals surface area contributed by atoms with E-state index in [1.165, 1.54) is 6.07 Å². The molecular formula is C15H15ClFNO2. The van der Waals surface area contributed by atoms with E-state index in [1.807, 2.05) is 13.0 Å². The Labute approximate surface area is 121 Å². The molecule has 3 nitrogen and oxygen atoms in total. The molecule has 5 heteroatoms. The first-order chi connectivity index (χ1) is 9.52. The fourth-order valence-electron chi connectivity index (χ4n) is 2.03. The van der Waals surface area contributed by atoms with E-state index >= 15 is 0 Å². The van der Waals surface area contributed by atoms with Crippen molar-refractivity contribution in [2.75, 3.05) is 6.61 Å². The van der Waals surface area contributed by atoms with E-state index in [2.05, 4.69) is 0 Å². The van der Waals surface area contributed by atoms with Crippen molar-refractivity contribution in [3.05, 3.63) is 58.1 Å². The van der Waals surface area contributed by atoms with Crippen molar-refractivity contribution in [2.24, 2.45) is 0 Å². The van der Waals surface area contributed by atoms with Gasteiger partial charge in [0, 0.05) is 12.7 Å². The monoisotopic (exact) mass is 295 g/mol. The summed E-state index contributed by atoms with van der Waals surface area (Å²) in [6.07, 6.45) is 1.80. The third kappa shape index (κ3) is 3.02. The molecule has 1 aromatic carbocycles. The topological polar surface area (TPSA) is 31.2 Å². The second-order valence-electron chi connectivity index (χ2n) is 4.44. The smallest absolute Gasteiger partial charge is 0.355 e. The van der Waals surface area contributed by atoms with Crippen LogP contribution in [-0.2, 0) is 11.3 Å². The number of benzene rings is 1. The van der Waals surface area contributed by atoms with Crippen LogP contribution in [0.3, 0.4) is 0 Å². The molecule has 0 aliphatic heterocycles. The van der Waals surface area contributed by atoms with E-state index in [9.17, 15) is 9.18 Å². The van der Waals surface area contributed by atoms with Gasteiger partial charge in [0.1, 0.15) is 11.5 Å². The number of ether oxygens (including phenoxy) is 1. The van der Waals surface area contributed by atoms with Crippen molar-refractivity contribution in [2.45, 2.75) is 20.4 Å². The molecule has 0 bridgehead atoms. The number of aromatic nitrogens is 1. The van der Waals surface area contributed by atoms with Gasteiger partial charge in [-0.15, -0.1) is 0 Å². The van der Waals surface area contributed by atoms with Crippen molar-refractivity contribution in [1.82, 2.24) is 4.57 Å². The van der Waals surface area contributed by atoms with E-state index in [1.54, 1.807) is 29.8 Å².